The van der Waals surface area contributed by atoms with Crippen molar-refractivity contribution in [1.82, 2.24) is 15.1 Å². The minimum absolute atomic E-state index is 0.0244. The molecule has 2 aromatic carbocycles. The maximum absolute atomic E-state index is 12.9. The summed E-state index contributed by atoms with van der Waals surface area (Å²) >= 11 is 0. The summed E-state index contributed by atoms with van der Waals surface area (Å²) in [5.41, 5.74) is 2.73. The van der Waals surface area contributed by atoms with E-state index in [0.29, 0.717) is 34.0 Å². The zero-order chi connectivity index (χ0) is 23.9. The summed E-state index contributed by atoms with van der Waals surface area (Å²) in [6, 6.07) is 11.7. The van der Waals surface area contributed by atoms with Crippen LogP contribution in [0.3, 0.4) is 0 Å². The molecule has 1 aromatic heterocycles. The van der Waals surface area contributed by atoms with Crippen LogP contribution in [-0.2, 0) is 0 Å². The van der Waals surface area contributed by atoms with Gasteiger partial charge in [0.1, 0.15) is 5.75 Å². The van der Waals surface area contributed by atoms with Crippen LogP contribution in [0.25, 0.3) is 11.3 Å². The van der Waals surface area contributed by atoms with Gasteiger partial charge in [-0.3, -0.25) is 4.79 Å². The Balaban J connectivity index is 1.29. The molecule has 3 aromatic rings. The largest absolute Gasteiger partial charge is 0.507 e. The van der Waals surface area contributed by atoms with Crippen molar-refractivity contribution in [2.24, 2.45) is 0 Å². The Morgan fingerprint density at radius 2 is 1.77 bits per heavy atom. The van der Waals surface area contributed by atoms with Crippen molar-refractivity contribution in [1.29, 1.82) is 0 Å². The molecule has 35 heavy (non-hydrogen) atoms. The highest BCUT2D eigenvalue weighted by Crippen LogP contribution is 2.38. The van der Waals surface area contributed by atoms with Crippen molar-refractivity contribution in [3.63, 3.8) is 0 Å². The van der Waals surface area contributed by atoms with Gasteiger partial charge < -0.3 is 25.2 Å². The molecule has 180 valence electrons. The van der Waals surface area contributed by atoms with Gasteiger partial charge in [-0.25, -0.2) is 4.79 Å². The maximum Gasteiger partial charge on any atom is 0.342 e. The number of nitrogens with zero attached hydrogens (tertiary/aromatic N) is 2. The minimum Gasteiger partial charge on any atom is -0.507 e. The van der Waals surface area contributed by atoms with E-state index >= 15 is 0 Å². The summed E-state index contributed by atoms with van der Waals surface area (Å²) in [6.07, 6.45) is 6.26. The summed E-state index contributed by atoms with van der Waals surface area (Å²) < 4.78 is 12.1. The van der Waals surface area contributed by atoms with Gasteiger partial charge in [0.15, 0.2) is 11.5 Å². The van der Waals surface area contributed by atoms with Crippen molar-refractivity contribution < 1.29 is 24.2 Å². The molecule has 3 N–H and O–H groups in total. The predicted octanol–water partition coefficient (Wildman–Crippen LogP) is 4.61. The molecule has 0 unspecified atom stereocenters. The van der Waals surface area contributed by atoms with E-state index in [0.717, 1.165) is 44.2 Å². The molecular formula is C26H26N4O5. The number of ether oxygens (including phenoxy) is 2. The van der Waals surface area contributed by atoms with Crippen LogP contribution in [0.15, 0.2) is 42.5 Å². The number of nitrogens with one attached hydrogen (secondary N) is 2. The van der Waals surface area contributed by atoms with E-state index in [9.17, 15) is 14.7 Å². The lowest BCUT2D eigenvalue weighted by Crippen LogP contribution is -2.32. The van der Waals surface area contributed by atoms with Crippen LogP contribution in [0.2, 0.25) is 0 Å². The van der Waals surface area contributed by atoms with E-state index in [1.54, 1.807) is 30.3 Å². The second kappa shape index (κ2) is 8.65. The fourth-order valence-corrected chi connectivity index (χ4v) is 4.73. The monoisotopic (exact) mass is 474 g/mol. The zero-order valence-electron chi connectivity index (χ0n) is 19.1. The van der Waals surface area contributed by atoms with Crippen molar-refractivity contribution in [2.75, 3.05) is 12.1 Å². The molecule has 0 spiro atoms. The Bertz CT molecular complexity index is 1310. The van der Waals surface area contributed by atoms with Crippen molar-refractivity contribution in [2.45, 2.75) is 50.5 Å². The average molecular weight is 475 g/mol. The second-order valence-electron chi connectivity index (χ2n) is 9.33. The highest BCUT2D eigenvalue weighted by molar-refractivity contribution is 6.05. The molecule has 0 atom stereocenters. The third-order valence-electron chi connectivity index (χ3n) is 6.77. The van der Waals surface area contributed by atoms with Gasteiger partial charge in [0.05, 0.1) is 11.4 Å². The lowest BCUT2D eigenvalue weighted by molar-refractivity contribution is 0.102. The normalized spacial score (nSPS) is 16.9. The fourth-order valence-electron chi connectivity index (χ4n) is 4.73. The first-order chi connectivity index (χ1) is 17.0. The number of carbonyl (C=O) groups excluding carboxylic acids is 2. The van der Waals surface area contributed by atoms with Gasteiger partial charge in [0.25, 0.3) is 5.91 Å². The molecule has 9 heteroatoms. The van der Waals surface area contributed by atoms with E-state index in [1.165, 1.54) is 10.7 Å². The number of anilines is 1. The van der Waals surface area contributed by atoms with Crippen LogP contribution in [0, 0.1) is 0 Å². The number of fused-ring (bicyclic) bond motifs is 1. The number of phenolic OH excluding ortho intramolecular Hbond substituents is 1. The smallest absolute Gasteiger partial charge is 0.342 e. The molecule has 6 rings (SSSR count). The van der Waals surface area contributed by atoms with Crippen LogP contribution in [-0.4, -0.2) is 39.7 Å². The predicted molar refractivity (Wildman–Crippen MR) is 128 cm³/mol. The first kappa shape index (κ1) is 21.5. The number of phenols is 1. The van der Waals surface area contributed by atoms with Crippen molar-refractivity contribution in [3.8, 4) is 28.5 Å². The van der Waals surface area contributed by atoms with E-state index in [-0.39, 0.29) is 36.4 Å². The topological polar surface area (TPSA) is 115 Å². The first-order valence-electron chi connectivity index (χ1n) is 12.0. The second-order valence-corrected chi connectivity index (χ2v) is 9.33. The highest BCUT2D eigenvalue weighted by Gasteiger charge is 2.29. The Labute approximate surface area is 202 Å². The summed E-state index contributed by atoms with van der Waals surface area (Å²) in [7, 11) is 0. The van der Waals surface area contributed by atoms with Gasteiger partial charge >= 0.3 is 6.03 Å². The molecule has 0 bridgehead atoms. The molecular weight excluding hydrogens is 448 g/mol. The fraction of sp³-hybridized carbons (Fsp3) is 0.346. The third kappa shape index (κ3) is 4.29. The number of carbonyl (C=O) groups is 2. The zero-order valence-corrected chi connectivity index (χ0v) is 19.1. The van der Waals surface area contributed by atoms with Crippen LogP contribution in [0.5, 0.6) is 17.2 Å². The molecule has 2 amide bonds. The molecule has 1 aliphatic heterocycles. The number of aromatic hydroxyl groups is 1. The first-order valence-corrected chi connectivity index (χ1v) is 12.0. The van der Waals surface area contributed by atoms with Crippen molar-refractivity contribution >= 4 is 17.6 Å². The number of aromatic nitrogens is 2. The van der Waals surface area contributed by atoms with Crippen molar-refractivity contribution in [3.05, 3.63) is 53.7 Å². The summed E-state index contributed by atoms with van der Waals surface area (Å²) in [5, 5.41) is 21.1. The number of benzene rings is 2. The minimum atomic E-state index is -0.319. The van der Waals surface area contributed by atoms with Crippen LogP contribution >= 0.6 is 0 Å². The molecule has 2 heterocycles. The van der Waals surface area contributed by atoms with Crippen LogP contribution in [0.1, 0.15) is 60.5 Å². The third-order valence-corrected chi connectivity index (χ3v) is 6.77. The number of amides is 2. The van der Waals surface area contributed by atoms with Crippen LogP contribution in [0.4, 0.5) is 10.5 Å². The molecule has 2 aliphatic carbocycles. The Hall–Kier alpha value is -4.01. The molecule has 2 fully saturated rings. The molecule has 3 aliphatic rings. The highest BCUT2D eigenvalue weighted by atomic mass is 16.7. The molecule has 0 radical (unpaired) electrons. The van der Waals surface area contributed by atoms with Gasteiger partial charge in [-0.05, 0) is 68.1 Å². The van der Waals surface area contributed by atoms with E-state index in [1.807, 2.05) is 6.07 Å². The standard InChI is InChI=1S/C26H26N4O5/c31-22-9-8-18(27-25(32)16-5-10-23-24(11-16)35-14-34-23)12-19(22)20-13-21(15-3-1-2-4-15)30(29-20)26(33)28-17-6-7-17/h5,8-13,15,17,31H,1-4,6-7,14H2,(H,27,32)(H,28,33). The molecule has 0 saturated heterocycles. The van der Waals surface area contributed by atoms with Gasteiger partial charge in [0.2, 0.25) is 6.79 Å². The Kier molecular flexibility index (Phi) is 5.32. The molecule has 9 nitrogen and oxygen atoms in total. The lowest BCUT2D eigenvalue weighted by atomic mass is 10.0. The summed E-state index contributed by atoms with van der Waals surface area (Å²) in [6.45, 7) is 0.135. The van der Waals surface area contributed by atoms with Gasteiger partial charge in [0, 0.05) is 28.8 Å². The van der Waals surface area contributed by atoms with Gasteiger partial charge in [-0.2, -0.15) is 9.78 Å². The van der Waals surface area contributed by atoms with Crippen LogP contribution < -0.4 is 20.1 Å². The molecule has 2 saturated carbocycles. The Morgan fingerprint density at radius 1 is 0.971 bits per heavy atom. The quantitative estimate of drug-likeness (QED) is 0.465. The number of rotatable bonds is 5. The average Bonchev–Trinajstić information content (AvgIpc) is 3.28. The van der Waals surface area contributed by atoms with Gasteiger partial charge in [-0.1, -0.05) is 12.8 Å². The summed E-state index contributed by atoms with van der Waals surface area (Å²) in [4.78, 5) is 25.7. The number of hydrogen-bond acceptors (Lipinski definition) is 6. The SMILES string of the molecule is O=C(Nc1ccc(O)c(-c2cc(C3CCCC3)n(C(=O)NC3CC3)n2)c1)c1ccc2c(c1)OCO2. The Morgan fingerprint density at radius 3 is 2.57 bits per heavy atom. The van der Waals surface area contributed by atoms with E-state index in [4.69, 9.17) is 9.47 Å². The van der Waals surface area contributed by atoms with E-state index < -0.39 is 0 Å². The number of hydrogen-bond donors (Lipinski definition) is 3. The van der Waals surface area contributed by atoms with Gasteiger partial charge in [-0.15, -0.1) is 0 Å². The lowest BCUT2D eigenvalue weighted by Gasteiger charge is -2.11. The summed E-state index contributed by atoms with van der Waals surface area (Å²) in [5.74, 6) is 1.10. The maximum atomic E-state index is 12.9. The van der Waals surface area contributed by atoms with E-state index in [2.05, 4.69) is 15.7 Å².